The van der Waals surface area contributed by atoms with Crippen molar-refractivity contribution in [3.05, 3.63) is 66.4 Å². The smallest absolute Gasteiger partial charge is 0.257 e. The molecule has 1 aliphatic heterocycles. The van der Waals surface area contributed by atoms with Crippen LogP contribution in [0.25, 0.3) is 16.9 Å². The molecule has 1 saturated carbocycles. The third-order valence-electron chi connectivity index (χ3n) is 6.13. The first kappa shape index (κ1) is 20.3. The summed E-state index contributed by atoms with van der Waals surface area (Å²) in [6.45, 7) is 2.22. The van der Waals surface area contributed by atoms with E-state index < -0.39 is 0 Å². The Morgan fingerprint density at radius 1 is 0.906 bits per heavy atom. The summed E-state index contributed by atoms with van der Waals surface area (Å²) < 4.78 is 7.28. The molecule has 2 amide bonds. The van der Waals surface area contributed by atoms with Crippen molar-refractivity contribution < 1.29 is 14.3 Å². The van der Waals surface area contributed by atoms with Crippen molar-refractivity contribution in [2.75, 3.05) is 33.3 Å². The minimum atomic E-state index is -0.0772. The van der Waals surface area contributed by atoms with Crippen LogP contribution in [0.5, 0.6) is 5.75 Å². The van der Waals surface area contributed by atoms with Crippen molar-refractivity contribution in [2.24, 2.45) is 5.92 Å². The van der Waals surface area contributed by atoms with E-state index in [2.05, 4.69) is 0 Å². The van der Waals surface area contributed by atoms with Crippen LogP contribution < -0.4 is 4.74 Å². The number of para-hydroxylation sites is 2. The quantitative estimate of drug-likeness (QED) is 0.623. The summed E-state index contributed by atoms with van der Waals surface area (Å²) in [4.78, 5) is 29.7. The number of carbonyl (C=O) groups is 2. The topological polar surface area (TPSA) is 67.7 Å². The van der Waals surface area contributed by atoms with Gasteiger partial charge in [0.1, 0.15) is 11.4 Å². The van der Waals surface area contributed by atoms with Crippen molar-refractivity contribution >= 4 is 11.8 Å². The molecule has 1 saturated heterocycles. The lowest BCUT2D eigenvalue weighted by molar-refractivity contribution is -0.134. The average Bonchev–Trinajstić information content (AvgIpc) is 3.62. The van der Waals surface area contributed by atoms with Crippen LogP contribution >= 0.6 is 0 Å². The summed E-state index contributed by atoms with van der Waals surface area (Å²) in [5, 5.41) is 4.77. The fraction of sp³-hybridized carbons (Fsp3) is 0.320. The van der Waals surface area contributed by atoms with Gasteiger partial charge in [-0.2, -0.15) is 5.10 Å². The van der Waals surface area contributed by atoms with E-state index in [1.54, 1.807) is 18.0 Å². The first-order chi connectivity index (χ1) is 15.7. The highest BCUT2D eigenvalue weighted by atomic mass is 16.5. The largest absolute Gasteiger partial charge is 0.496 e. The van der Waals surface area contributed by atoms with Gasteiger partial charge < -0.3 is 14.5 Å². The molecule has 0 spiro atoms. The van der Waals surface area contributed by atoms with E-state index in [4.69, 9.17) is 9.84 Å². The van der Waals surface area contributed by atoms with Gasteiger partial charge in [0.2, 0.25) is 5.91 Å². The molecule has 164 valence electrons. The maximum Gasteiger partial charge on any atom is 0.257 e. The fourth-order valence-electron chi connectivity index (χ4n) is 4.17. The second kappa shape index (κ2) is 8.49. The van der Waals surface area contributed by atoms with E-state index in [0.29, 0.717) is 43.2 Å². The van der Waals surface area contributed by atoms with Gasteiger partial charge in [-0.25, -0.2) is 4.68 Å². The Morgan fingerprint density at radius 2 is 1.56 bits per heavy atom. The van der Waals surface area contributed by atoms with Crippen molar-refractivity contribution in [3.63, 3.8) is 0 Å². The van der Waals surface area contributed by atoms with Crippen LogP contribution in [-0.2, 0) is 4.79 Å². The molecule has 0 atom stereocenters. The van der Waals surface area contributed by atoms with Gasteiger partial charge in [-0.1, -0.05) is 30.3 Å². The van der Waals surface area contributed by atoms with Gasteiger partial charge in [0.15, 0.2) is 0 Å². The van der Waals surface area contributed by atoms with E-state index in [0.717, 1.165) is 24.1 Å². The van der Waals surface area contributed by atoms with Crippen LogP contribution in [0.3, 0.4) is 0 Å². The number of nitrogens with zero attached hydrogens (tertiary/aromatic N) is 4. The molecule has 0 unspecified atom stereocenters. The Bertz CT molecular complexity index is 1130. The molecular formula is C25H26N4O3. The van der Waals surface area contributed by atoms with Gasteiger partial charge in [0.05, 0.1) is 18.4 Å². The number of benzene rings is 2. The maximum atomic E-state index is 13.6. The standard InChI is InChI=1S/C25H26N4O3/c1-32-22-10-6-5-9-20(22)23-21(17-29(26-23)19-7-3-2-4-8-19)25(31)28-15-13-27(14-16-28)24(30)18-11-12-18/h2-10,17-18H,11-16H2,1H3. The molecule has 2 aromatic carbocycles. The first-order valence-electron chi connectivity index (χ1n) is 11.0. The molecule has 2 heterocycles. The number of amides is 2. The highest BCUT2D eigenvalue weighted by Gasteiger charge is 2.35. The zero-order valence-corrected chi connectivity index (χ0v) is 18.1. The maximum absolute atomic E-state index is 13.6. The number of aromatic nitrogens is 2. The monoisotopic (exact) mass is 430 g/mol. The normalized spacial score (nSPS) is 16.2. The van der Waals surface area contributed by atoms with Crippen LogP contribution in [0, 0.1) is 5.92 Å². The van der Waals surface area contributed by atoms with Crippen LogP contribution in [0.1, 0.15) is 23.2 Å². The summed E-state index contributed by atoms with van der Waals surface area (Å²) in [6, 6.07) is 17.3. The van der Waals surface area contributed by atoms with Crippen LogP contribution in [0.15, 0.2) is 60.8 Å². The number of hydrogen-bond donors (Lipinski definition) is 0. The van der Waals surface area contributed by atoms with E-state index >= 15 is 0 Å². The molecule has 2 aliphatic rings. The number of methoxy groups -OCH3 is 1. The lowest BCUT2D eigenvalue weighted by Gasteiger charge is -2.34. The van der Waals surface area contributed by atoms with Gasteiger partial charge in [0.25, 0.3) is 5.91 Å². The molecule has 2 fully saturated rings. The molecule has 5 rings (SSSR count). The van der Waals surface area contributed by atoms with E-state index in [-0.39, 0.29) is 17.7 Å². The minimum absolute atomic E-state index is 0.0772. The van der Waals surface area contributed by atoms with Gasteiger partial charge >= 0.3 is 0 Å². The second-order valence-electron chi connectivity index (χ2n) is 8.26. The van der Waals surface area contributed by atoms with Crippen molar-refractivity contribution in [1.29, 1.82) is 0 Å². The third-order valence-corrected chi connectivity index (χ3v) is 6.13. The Hall–Kier alpha value is -3.61. The van der Waals surface area contributed by atoms with E-state index in [9.17, 15) is 9.59 Å². The zero-order valence-electron chi connectivity index (χ0n) is 18.1. The number of carbonyl (C=O) groups excluding carboxylic acids is 2. The molecule has 1 aromatic heterocycles. The highest BCUT2D eigenvalue weighted by Crippen LogP contribution is 2.33. The summed E-state index contributed by atoms with van der Waals surface area (Å²) in [5.41, 5.74) is 2.77. The zero-order chi connectivity index (χ0) is 22.1. The molecule has 0 radical (unpaired) electrons. The lowest BCUT2D eigenvalue weighted by Crippen LogP contribution is -2.51. The van der Waals surface area contributed by atoms with Gasteiger partial charge in [-0.15, -0.1) is 0 Å². The third kappa shape index (κ3) is 3.86. The summed E-state index contributed by atoms with van der Waals surface area (Å²) in [5.74, 6) is 1.04. The number of ether oxygens (including phenoxy) is 1. The Labute approximate surface area is 187 Å². The SMILES string of the molecule is COc1ccccc1-c1nn(-c2ccccc2)cc1C(=O)N1CCN(C(=O)C2CC2)CC1. The molecule has 32 heavy (non-hydrogen) atoms. The number of piperazine rings is 1. The average molecular weight is 431 g/mol. The fourth-order valence-corrected chi connectivity index (χ4v) is 4.17. The molecule has 3 aromatic rings. The Balaban J connectivity index is 1.46. The van der Waals surface area contributed by atoms with Crippen molar-refractivity contribution in [1.82, 2.24) is 19.6 Å². The van der Waals surface area contributed by atoms with Gasteiger partial charge in [-0.05, 0) is 37.1 Å². The van der Waals surface area contributed by atoms with Crippen LogP contribution in [0.2, 0.25) is 0 Å². The molecular weight excluding hydrogens is 404 g/mol. The van der Waals surface area contributed by atoms with Crippen molar-refractivity contribution in [3.8, 4) is 22.7 Å². The predicted octanol–water partition coefficient (Wildman–Crippen LogP) is 3.24. The Kier molecular flexibility index (Phi) is 5.39. The molecule has 1 aliphatic carbocycles. The summed E-state index contributed by atoms with van der Waals surface area (Å²) in [6.07, 6.45) is 3.79. The van der Waals surface area contributed by atoms with Crippen LogP contribution in [0.4, 0.5) is 0 Å². The van der Waals surface area contributed by atoms with Crippen LogP contribution in [-0.4, -0.2) is 64.7 Å². The molecule has 7 heteroatoms. The predicted molar refractivity (Wildman–Crippen MR) is 121 cm³/mol. The van der Waals surface area contributed by atoms with Gasteiger partial charge in [0, 0.05) is 43.9 Å². The van der Waals surface area contributed by atoms with E-state index in [1.807, 2.05) is 64.4 Å². The summed E-state index contributed by atoms with van der Waals surface area (Å²) in [7, 11) is 1.62. The van der Waals surface area contributed by atoms with E-state index in [1.165, 1.54) is 0 Å². The Morgan fingerprint density at radius 3 is 2.25 bits per heavy atom. The number of rotatable bonds is 5. The van der Waals surface area contributed by atoms with Crippen molar-refractivity contribution in [2.45, 2.75) is 12.8 Å². The first-order valence-corrected chi connectivity index (χ1v) is 11.0. The molecule has 7 nitrogen and oxygen atoms in total. The molecule has 0 bridgehead atoms. The summed E-state index contributed by atoms with van der Waals surface area (Å²) >= 11 is 0. The second-order valence-corrected chi connectivity index (χ2v) is 8.26. The molecule has 0 N–H and O–H groups in total. The highest BCUT2D eigenvalue weighted by molar-refractivity contribution is 6.00. The van der Waals surface area contributed by atoms with Gasteiger partial charge in [-0.3, -0.25) is 9.59 Å². The lowest BCUT2D eigenvalue weighted by atomic mass is 10.1. The minimum Gasteiger partial charge on any atom is -0.496 e. The number of hydrogen-bond acceptors (Lipinski definition) is 4.